The van der Waals surface area contributed by atoms with Gasteiger partial charge in [-0.2, -0.15) is 5.10 Å². The molecule has 2 aliphatic rings. The van der Waals surface area contributed by atoms with Crippen LogP contribution in [0.3, 0.4) is 0 Å². The maximum atomic E-state index is 13.2. The quantitative estimate of drug-likeness (QED) is 0.815. The van der Waals surface area contributed by atoms with Crippen molar-refractivity contribution in [1.29, 1.82) is 0 Å². The van der Waals surface area contributed by atoms with E-state index in [1.165, 1.54) is 5.56 Å². The number of carbonyl (C=O) groups excluding carboxylic acids is 1. The summed E-state index contributed by atoms with van der Waals surface area (Å²) < 4.78 is 11.4. The molecule has 0 N–H and O–H groups in total. The number of furan rings is 1. The zero-order valence-electron chi connectivity index (χ0n) is 16.7. The monoisotopic (exact) mass is 381 g/mol. The lowest BCUT2D eigenvalue weighted by molar-refractivity contribution is -0.138. The third-order valence-electron chi connectivity index (χ3n) is 5.28. The van der Waals surface area contributed by atoms with E-state index < -0.39 is 0 Å². The minimum atomic E-state index is -0.199. The molecule has 0 spiro atoms. The van der Waals surface area contributed by atoms with E-state index in [1.807, 2.05) is 26.0 Å². The molecule has 6 nitrogen and oxygen atoms in total. The van der Waals surface area contributed by atoms with Gasteiger partial charge in [-0.15, -0.1) is 0 Å². The van der Waals surface area contributed by atoms with E-state index in [1.54, 1.807) is 11.3 Å². The zero-order valence-corrected chi connectivity index (χ0v) is 16.7. The highest BCUT2D eigenvalue weighted by Gasteiger charge is 2.36. The highest BCUT2D eigenvalue weighted by atomic mass is 16.5. The highest BCUT2D eigenvalue weighted by molar-refractivity contribution is 6.03. The van der Waals surface area contributed by atoms with Crippen LogP contribution in [0.5, 0.6) is 0 Å². The van der Waals surface area contributed by atoms with Gasteiger partial charge in [0.15, 0.2) is 0 Å². The first kappa shape index (κ1) is 18.9. The van der Waals surface area contributed by atoms with E-state index in [0.29, 0.717) is 13.0 Å². The standard InChI is InChI=1S/C22H27N3O3/c1-15-6-8-18(9-7-15)19-11-20(21-5-4-10-27-21)25(23-19)22(26)14-24-12-16(2)28-17(3)13-24/h4-10,16-17,20H,11-14H2,1-3H3/t16-,17-,20-/m1/s1. The van der Waals surface area contributed by atoms with Crippen LogP contribution >= 0.6 is 0 Å². The Morgan fingerprint density at radius 1 is 1.14 bits per heavy atom. The van der Waals surface area contributed by atoms with Crippen LogP contribution < -0.4 is 0 Å². The summed E-state index contributed by atoms with van der Waals surface area (Å²) in [5.41, 5.74) is 3.16. The van der Waals surface area contributed by atoms with Crippen molar-refractivity contribution in [2.75, 3.05) is 19.6 Å². The number of benzene rings is 1. The second kappa shape index (κ2) is 7.89. The molecule has 0 saturated carbocycles. The number of hydrogen-bond donors (Lipinski definition) is 0. The van der Waals surface area contributed by atoms with E-state index in [2.05, 4.69) is 36.1 Å². The molecule has 3 heterocycles. The van der Waals surface area contributed by atoms with Gasteiger partial charge in [-0.3, -0.25) is 9.69 Å². The van der Waals surface area contributed by atoms with Gasteiger partial charge in [0.2, 0.25) is 0 Å². The van der Waals surface area contributed by atoms with Gasteiger partial charge in [0.05, 0.1) is 30.7 Å². The molecule has 6 heteroatoms. The zero-order chi connectivity index (χ0) is 19.7. The summed E-state index contributed by atoms with van der Waals surface area (Å²) in [7, 11) is 0. The molecule has 1 saturated heterocycles. The maximum Gasteiger partial charge on any atom is 0.257 e. The first-order valence-corrected chi connectivity index (χ1v) is 9.87. The van der Waals surface area contributed by atoms with E-state index in [0.717, 1.165) is 30.1 Å². The van der Waals surface area contributed by atoms with Crippen molar-refractivity contribution < 1.29 is 13.9 Å². The summed E-state index contributed by atoms with van der Waals surface area (Å²) in [5.74, 6) is 0.757. The Hall–Kier alpha value is -2.44. The molecule has 1 amide bonds. The number of morpholine rings is 1. The van der Waals surface area contributed by atoms with Crippen LogP contribution in [-0.4, -0.2) is 53.4 Å². The molecule has 2 aromatic rings. The Kier molecular flexibility index (Phi) is 5.33. The number of amides is 1. The smallest absolute Gasteiger partial charge is 0.257 e. The van der Waals surface area contributed by atoms with Crippen LogP contribution in [0, 0.1) is 6.92 Å². The molecule has 0 radical (unpaired) electrons. The molecule has 3 atom stereocenters. The van der Waals surface area contributed by atoms with E-state index in [-0.39, 0.29) is 24.2 Å². The van der Waals surface area contributed by atoms with Crippen molar-refractivity contribution in [2.24, 2.45) is 5.10 Å². The first-order valence-electron chi connectivity index (χ1n) is 9.87. The molecule has 0 unspecified atom stereocenters. The summed E-state index contributed by atoms with van der Waals surface area (Å²) in [4.78, 5) is 15.3. The van der Waals surface area contributed by atoms with Crippen LogP contribution in [0.1, 0.15) is 43.2 Å². The third-order valence-corrected chi connectivity index (χ3v) is 5.28. The van der Waals surface area contributed by atoms with Gasteiger partial charge in [0, 0.05) is 19.5 Å². The Labute approximate surface area is 165 Å². The molecule has 2 aliphatic heterocycles. The molecule has 28 heavy (non-hydrogen) atoms. The minimum absolute atomic E-state index is 0.00943. The molecular weight excluding hydrogens is 354 g/mol. The molecule has 1 fully saturated rings. The van der Waals surface area contributed by atoms with Gasteiger partial charge < -0.3 is 9.15 Å². The topological polar surface area (TPSA) is 58.3 Å². The van der Waals surface area contributed by atoms with Crippen molar-refractivity contribution >= 4 is 11.6 Å². The molecule has 148 valence electrons. The minimum Gasteiger partial charge on any atom is -0.467 e. The van der Waals surface area contributed by atoms with Crippen molar-refractivity contribution in [3.63, 3.8) is 0 Å². The van der Waals surface area contributed by atoms with Gasteiger partial charge in [0.1, 0.15) is 11.8 Å². The largest absolute Gasteiger partial charge is 0.467 e. The lowest BCUT2D eigenvalue weighted by atomic mass is 10.0. The fraction of sp³-hybridized carbons (Fsp3) is 0.455. The van der Waals surface area contributed by atoms with Gasteiger partial charge in [-0.05, 0) is 38.5 Å². The van der Waals surface area contributed by atoms with Gasteiger partial charge in [-0.25, -0.2) is 5.01 Å². The number of rotatable bonds is 4. The predicted octanol–water partition coefficient (Wildman–Crippen LogP) is 3.37. The Morgan fingerprint density at radius 2 is 1.86 bits per heavy atom. The normalized spacial score (nSPS) is 25.8. The fourth-order valence-electron chi connectivity index (χ4n) is 4.04. The van der Waals surface area contributed by atoms with Crippen LogP contribution in [0.2, 0.25) is 0 Å². The van der Waals surface area contributed by atoms with E-state index >= 15 is 0 Å². The van der Waals surface area contributed by atoms with Crippen molar-refractivity contribution in [3.8, 4) is 0 Å². The van der Waals surface area contributed by atoms with Crippen molar-refractivity contribution in [3.05, 3.63) is 59.5 Å². The first-order chi connectivity index (χ1) is 13.5. The van der Waals surface area contributed by atoms with Crippen LogP contribution in [0.4, 0.5) is 0 Å². The molecule has 1 aromatic heterocycles. The van der Waals surface area contributed by atoms with Crippen molar-refractivity contribution in [1.82, 2.24) is 9.91 Å². The van der Waals surface area contributed by atoms with Crippen LogP contribution in [0.15, 0.2) is 52.2 Å². The van der Waals surface area contributed by atoms with Gasteiger partial charge >= 0.3 is 0 Å². The van der Waals surface area contributed by atoms with E-state index in [4.69, 9.17) is 14.3 Å². The lowest BCUT2D eigenvalue weighted by Crippen LogP contribution is -2.49. The second-order valence-electron chi connectivity index (χ2n) is 7.84. The molecule has 0 bridgehead atoms. The van der Waals surface area contributed by atoms with Crippen molar-refractivity contribution in [2.45, 2.75) is 45.4 Å². The molecule has 0 aliphatic carbocycles. The number of hydrogen-bond acceptors (Lipinski definition) is 5. The molecular formula is C22H27N3O3. The Bertz CT molecular complexity index is 834. The maximum absolute atomic E-state index is 13.2. The summed E-state index contributed by atoms with van der Waals surface area (Å²) in [6.45, 7) is 7.99. The summed E-state index contributed by atoms with van der Waals surface area (Å²) in [6.07, 6.45) is 2.55. The Morgan fingerprint density at radius 3 is 2.50 bits per heavy atom. The average Bonchev–Trinajstić information content (AvgIpc) is 3.31. The third kappa shape index (κ3) is 4.03. The lowest BCUT2D eigenvalue weighted by Gasteiger charge is -2.35. The number of hydrazone groups is 1. The van der Waals surface area contributed by atoms with E-state index in [9.17, 15) is 4.79 Å². The number of nitrogens with zero attached hydrogens (tertiary/aromatic N) is 3. The van der Waals surface area contributed by atoms with Crippen LogP contribution in [0.25, 0.3) is 0 Å². The summed E-state index contributed by atoms with van der Waals surface area (Å²) in [5, 5.41) is 6.32. The van der Waals surface area contributed by atoms with Gasteiger partial charge in [-0.1, -0.05) is 29.8 Å². The highest BCUT2D eigenvalue weighted by Crippen LogP contribution is 2.33. The molecule has 4 rings (SSSR count). The average molecular weight is 381 g/mol. The fourth-order valence-corrected chi connectivity index (χ4v) is 4.04. The number of aryl methyl sites for hydroxylation is 1. The van der Waals surface area contributed by atoms with Crippen LogP contribution in [-0.2, 0) is 9.53 Å². The SMILES string of the molecule is Cc1ccc(C2=NN(C(=O)CN3C[C@@H](C)O[C@H](C)C3)[C@@H](c3ccco3)C2)cc1. The summed E-state index contributed by atoms with van der Waals surface area (Å²) >= 11 is 0. The number of ether oxygens (including phenoxy) is 1. The predicted molar refractivity (Wildman–Crippen MR) is 107 cm³/mol. The summed E-state index contributed by atoms with van der Waals surface area (Å²) in [6, 6.07) is 11.8. The number of carbonyl (C=O) groups is 1. The molecule has 1 aromatic carbocycles. The second-order valence-corrected chi connectivity index (χ2v) is 7.84. The van der Waals surface area contributed by atoms with Gasteiger partial charge in [0.25, 0.3) is 5.91 Å². The Balaban J connectivity index is 1.55.